The van der Waals surface area contributed by atoms with E-state index in [1.165, 1.54) is 10.1 Å². The van der Waals surface area contributed by atoms with Crippen LogP contribution in [0, 0.1) is 6.92 Å². The van der Waals surface area contributed by atoms with Gasteiger partial charge in [0, 0.05) is 5.56 Å². The maximum absolute atomic E-state index is 12.4. The molecule has 0 aliphatic carbocycles. The highest BCUT2D eigenvalue weighted by atomic mass is 16.1. The number of nitrogens with one attached hydrogen (secondary N) is 1. The van der Waals surface area contributed by atoms with Gasteiger partial charge in [-0.1, -0.05) is 30.3 Å². The Balaban J connectivity index is 1.97. The third-order valence-electron chi connectivity index (χ3n) is 3.32. The van der Waals surface area contributed by atoms with E-state index in [0.717, 1.165) is 6.42 Å². The average Bonchev–Trinajstić information content (AvgIpc) is 2.80. The van der Waals surface area contributed by atoms with Crippen molar-refractivity contribution in [2.45, 2.75) is 19.8 Å². The molecule has 0 aliphatic heterocycles. The fraction of sp³-hybridized carbons (Fsp3) is 0.214. The Kier molecular flexibility index (Phi) is 2.98. The van der Waals surface area contributed by atoms with Gasteiger partial charge in [0.15, 0.2) is 0 Å². The zero-order valence-corrected chi connectivity index (χ0v) is 11.1. The Morgan fingerprint density at radius 2 is 1.95 bits per heavy atom. The molecule has 0 atom stereocenters. The van der Waals surface area contributed by atoms with Crippen molar-refractivity contribution < 1.29 is 0 Å². The first kappa shape index (κ1) is 12.4. The average molecular weight is 269 g/mol. The summed E-state index contributed by atoms with van der Waals surface area (Å²) in [5, 5.41) is 2.70. The number of aryl methyl sites for hydroxylation is 2. The number of anilines is 1. The molecule has 0 amide bonds. The minimum absolute atomic E-state index is 0.132. The summed E-state index contributed by atoms with van der Waals surface area (Å²) in [6.45, 7) is 1.83. The SMILES string of the molecule is Cc1nc2nc(N)[nH]n2c(=O)c1CCc1ccccc1. The number of nitrogens with two attached hydrogens (primary N) is 1. The number of fused-ring (bicyclic) bond motifs is 1. The molecule has 0 saturated heterocycles. The van der Waals surface area contributed by atoms with Crippen LogP contribution in [0.1, 0.15) is 16.8 Å². The van der Waals surface area contributed by atoms with E-state index in [9.17, 15) is 4.79 Å². The Hall–Kier alpha value is -2.63. The number of rotatable bonds is 3. The molecule has 0 fully saturated rings. The summed E-state index contributed by atoms with van der Waals surface area (Å²) in [5.74, 6) is 0.502. The molecule has 0 bridgehead atoms. The second-order valence-corrected chi connectivity index (χ2v) is 4.71. The number of nitrogens with zero attached hydrogens (tertiary/aromatic N) is 3. The lowest BCUT2D eigenvalue weighted by Crippen LogP contribution is -2.22. The number of hydrogen-bond donors (Lipinski definition) is 2. The first-order valence-electron chi connectivity index (χ1n) is 6.43. The summed E-state index contributed by atoms with van der Waals surface area (Å²) in [5.41, 5.74) is 8.02. The van der Waals surface area contributed by atoms with Gasteiger partial charge in [-0.2, -0.15) is 9.50 Å². The first-order chi connectivity index (χ1) is 9.65. The largest absolute Gasteiger partial charge is 0.368 e. The second kappa shape index (κ2) is 4.80. The predicted molar refractivity (Wildman–Crippen MR) is 76.6 cm³/mol. The maximum atomic E-state index is 12.4. The van der Waals surface area contributed by atoms with Gasteiger partial charge in [-0.15, -0.1) is 0 Å². The van der Waals surface area contributed by atoms with Crippen molar-refractivity contribution in [1.29, 1.82) is 0 Å². The summed E-state index contributed by atoms with van der Waals surface area (Å²) < 4.78 is 1.29. The number of aromatic nitrogens is 4. The van der Waals surface area contributed by atoms with Crippen LogP contribution in [0.15, 0.2) is 35.1 Å². The molecule has 3 rings (SSSR count). The molecule has 3 N–H and O–H groups in total. The highest BCUT2D eigenvalue weighted by Gasteiger charge is 2.12. The summed E-state index contributed by atoms with van der Waals surface area (Å²) in [4.78, 5) is 20.7. The van der Waals surface area contributed by atoms with Crippen molar-refractivity contribution in [2.24, 2.45) is 0 Å². The molecule has 2 aromatic heterocycles. The lowest BCUT2D eigenvalue weighted by Gasteiger charge is -2.05. The normalized spacial score (nSPS) is 11.1. The van der Waals surface area contributed by atoms with Crippen LogP contribution >= 0.6 is 0 Å². The molecular weight excluding hydrogens is 254 g/mol. The third kappa shape index (κ3) is 2.16. The summed E-state index contributed by atoms with van der Waals surface area (Å²) >= 11 is 0. The minimum atomic E-state index is -0.132. The van der Waals surface area contributed by atoms with Crippen LogP contribution in [-0.4, -0.2) is 19.6 Å². The molecule has 0 unspecified atom stereocenters. The molecule has 102 valence electrons. The predicted octanol–water partition coefficient (Wildman–Crippen LogP) is 1.09. The smallest absolute Gasteiger partial charge is 0.277 e. The standard InChI is InChI=1S/C14H15N5O/c1-9-11(8-7-10-5-3-2-4-6-10)12(20)19-14(16-9)17-13(15)18-19/h2-6H,7-8H2,1H3,(H3,15,16,17,18). The lowest BCUT2D eigenvalue weighted by molar-refractivity contribution is 0.830. The molecule has 0 aliphatic rings. The van der Waals surface area contributed by atoms with Crippen LogP contribution < -0.4 is 11.3 Å². The van der Waals surface area contributed by atoms with Gasteiger partial charge in [-0.3, -0.25) is 9.89 Å². The van der Waals surface area contributed by atoms with Gasteiger partial charge in [0.2, 0.25) is 5.95 Å². The molecule has 6 nitrogen and oxygen atoms in total. The van der Waals surface area contributed by atoms with E-state index in [4.69, 9.17) is 5.73 Å². The molecule has 0 radical (unpaired) electrons. The van der Waals surface area contributed by atoms with Crippen molar-refractivity contribution in [3.05, 3.63) is 57.5 Å². The van der Waals surface area contributed by atoms with Gasteiger partial charge in [-0.05, 0) is 25.3 Å². The van der Waals surface area contributed by atoms with Crippen LogP contribution in [0.2, 0.25) is 0 Å². The Morgan fingerprint density at radius 3 is 2.70 bits per heavy atom. The highest BCUT2D eigenvalue weighted by Crippen LogP contribution is 2.08. The zero-order valence-electron chi connectivity index (χ0n) is 11.1. The minimum Gasteiger partial charge on any atom is -0.368 e. The topological polar surface area (TPSA) is 89.1 Å². The van der Waals surface area contributed by atoms with Crippen LogP contribution in [0.3, 0.4) is 0 Å². The van der Waals surface area contributed by atoms with Gasteiger partial charge >= 0.3 is 0 Å². The maximum Gasteiger partial charge on any atom is 0.277 e. The van der Waals surface area contributed by atoms with Crippen molar-refractivity contribution in [3.63, 3.8) is 0 Å². The molecular formula is C14H15N5O. The van der Waals surface area contributed by atoms with E-state index in [0.29, 0.717) is 23.5 Å². The Labute approximate surface area is 115 Å². The number of hydrogen-bond acceptors (Lipinski definition) is 4. The molecule has 0 saturated carbocycles. The van der Waals surface area contributed by atoms with Gasteiger partial charge < -0.3 is 5.73 Å². The van der Waals surface area contributed by atoms with Gasteiger partial charge in [0.05, 0.1) is 5.69 Å². The van der Waals surface area contributed by atoms with Crippen molar-refractivity contribution in [1.82, 2.24) is 19.6 Å². The Bertz CT molecular complexity index is 804. The number of nitrogen functional groups attached to an aromatic ring is 1. The Morgan fingerprint density at radius 1 is 1.20 bits per heavy atom. The second-order valence-electron chi connectivity index (χ2n) is 4.71. The van der Waals surface area contributed by atoms with Gasteiger partial charge in [0.25, 0.3) is 11.3 Å². The van der Waals surface area contributed by atoms with Crippen molar-refractivity contribution in [3.8, 4) is 0 Å². The summed E-state index contributed by atoms with van der Waals surface area (Å²) in [7, 11) is 0. The van der Waals surface area contributed by atoms with Crippen LogP contribution in [0.5, 0.6) is 0 Å². The molecule has 2 heterocycles. The fourth-order valence-electron chi connectivity index (χ4n) is 2.27. The number of benzene rings is 1. The van der Waals surface area contributed by atoms with E-state index >= 15 is 0 Å². The van der Waals surface area contributed by atoms with Gasteiger partial charge in [0.1, 0.15) is 0 Å². The molecule has 3 aromatic rings. The highest BCUT2D eigenvalue weighted by molar-refractivity contribution is 5.36. The first-order valence-corrected chi connectivity index (χ1v) is 6.43. The van der Waals surface area contributed by atoms with Crippen LogP contribution in [0.25, 0.3) is 5.78 Å². The number of H-pyrrole nitrogens is 1. The van der Waals surface area contributed by atoms with E-state index in [1.54, 1.807) is 0 Å². The fourth-order valence-corrected chi connectivity index (χ4v) is 2.27. The summed E-state index contributed by atoms with van der Waals surface area (Å²) in [6.07, 6.45) is 1.44. The monoisotopic (exact) mass is 269 g/mol. The van der Waals surface area contributed by atoms with E-state index in [1.807, 2.05) is 37.3 Å². The molecule has 0 spiro atoms. The number of aromatic amines is 1. The summed E-state index contributed by atoms with van der Waals surface area (Å²) in [6, 6.07) is 10.1. The van der Waals surface area contributed by atoms with Crippen molar-refractivity contribution >= 4 is 11.7 Å². The third-order valence-corrected chi connectivity index (χ3v) is 3.32. The molecule has 1 aromatic carbocycles. The lowest BCUT2D eigenvalue weighted by atomic mass is 10.0. The van der Waals surface area contributed by atoms with Crippen molar-refractivity contribution in [2.75, 3.05) is 5.73 Å². The molecule has 20 heavy (non-hydrogen) atoms. The van der Waals surface area contributed by atoms with E-state index in [2.05, 4.69) is 15.1 Å². The van der Waals surface area contributed by atoms with Crippen LogP contribution in [-0.2, 0) is 12.8 Å². The van der Waals surface area contributed by atoms with E-state index < -0.39 is 0 Å². The quantitative estimate of drug-likeness (QED) is 0.745. The van der Waals surface area contributed by atoms with Gasteiger partial charge in [-0.25, -0.2) is 4.98 Å². The van der Waals surface area contributed by atoms with E-state index in [-0.39, 0.29) is 11.5 Å². The van der Waals surface area contributed by atoms with Crippen LogP contribution in [0.4, 0.5) is 5.95 Å². The molecule has 6 heteroatoms. The zero-order chi connectivity index (χ0) is 14.1.